The molecule has 1 N–H and O–H groups in total. The predicted octanol–water partition coefficient (Wildman–Crippen LogP) is 4.84. The largest absolute Gasteiger partial charge is 0.444 e. The van der Waals surface area contributed by atoms with Gasteiger partial charge in [-0.3, -0.25) is 0 Å². The van der Waals surface area contributed by atoms with E-state index in [2.05, 4.69) is 17.6 Å². The lowest BCUT2D eigenvalue weighted by Gasteiger charge is -2.29. The molecule has 1 aromatic heterocycles. The summed E-state index contributed by atoms with van der Waals surface area (Å²) in [4.78, 5) is 14.2. The van der Waals surface area contributed by atoms with E-state index in [9.17, 15) is 4.79 Å². The van der Waals surface area contributed by atoms with Crippen molar-refractivity contribution in [2.45, 2.75) is 64.6 Å². The van der Waals surface area contributed by atoms with Crippen molar-refractivity contribution in [1.29, 1.82) is 0 Å². The lowest BCUT2D eigenvalue weighted by molar-refractivity contribution is 0.0220. The molecule has 2 unspecified atom stereocenters. The number of ether oxygens (including phenoxy) is 1. The molecular formula is C17H27ClN2O2S. The first-order valence-corrected chi connectivity index (χ1v) is 9.49. The van der Waals surface area contributed by atoms with Crippen molar-refractivity contribution in [1.82, 2.24) is 10.2 Å². The Morgan fingerprint density at radius 2 is 2.30 bits per heavy atom. The highest BCUT2D eigenvalue weighted by Crippen LogP contribution is 2.26. The van der Waals surface area contributed by atoms with Crippen LogP contribution >= 0.6 is 22.9 Å². The summed E-state index contributed by atoms with van der Waals surface area (Å²) in [6.07, 6.45) is 2.87. The molecule has 1 saturated heterocycles. The Hall–Kier alpha value is -0.780. The van der Waals surface area contributed by atoms with Gasteiger partial charge in [0.15, 0.2) is 0 Å². The van der Waals surface area contributed by atoms with Gasteiger partial charge in [-0.1, -0.05) is 11.6 Å². The number of thiophene rings is 1. The molecule has 2 rings (SSSR count). The van der Waals surface area contributed by atoms with Crippen molar-refractivity contribution >= 4 is 29.0 Å². The first kappa shape index (κ1) is 18.6. The number of nitrogens with one attached hydrogen (secondary N) is 1. The average molecular weight is 359 g/mol. The van der Waals surface area contributed by atoms with Gasteiger partial charge in [-0.25, -0.2) is 4.79 Å². The van der Waals surface area contributed by atoms with Crippen LogP contribution in [0.4, 0.5) is 4.79 Å². The third-order valence-corrected chi connectivity index (χ3v) is 5.13. The normalized spacial score (nSPS) is 19.9. The minimum Gasteiger partial charge on any atom is -0.444 e. The molecule has 23 heavy (non-hydrogen) atoms. The number of hydrogen-bond acceptors (Lipinski definition) is 4. The number of likely N-dealkylation sites (tertiary alicyclic amines) is 1. The van der Waals surface area contributed by atoms with E-state index in [0.717, 1.165) is 36.7 Å². The smallest absolute Gasteiger partial charge is 0.410 e. The van der Waals surface area contributed by atoms with E-state index in [1.807, 2.05) is 31.7 Å². The van der Waals surface area contributed by atoms with Crippen LogP contribution in [0.1, 0.15) is 58.6 Å². The van der Waals surface area contributed by atoms with Gasteiger partial charge in [-0.2, -0.15) is 0 Å². The molecule has 2 atom stereocenters. The third-order valence-electron chi connectivity index (χ3n) is 4.02. The fraction of sp³-hybridized carbons (Fsp3) is 0.706. The second-order valence-corrected chi connectivity index (χ2v) is 8.66. The average Bonchev–Trinajstić information content (AvgIpc) is 3.05. The molecule has 2 heterocycles. The molecule has 6 heteroatoms. The van der Waals surface area contributed by atoms with Crippen molar-refractivity contribution in [3.63, 3.8) is 0 Å². The fourth-order valence-corrected chi connectivity index (χ4v) is 3.82. The highest BCUT2D eigenvalue weighted by molar-refractivity contribution is 7.14. The van der Waals surface area contributed by atoms with E-state index in [1.54, 1.807) is 11.3 Å². The van der Waals surface area contributed by atoms with E-state index in [-0.39, 0.29) is 18.2 Å². The van der Waals surface area contributed by atoms with Gasteiger partial charge in [-0.15, -0.1) is 11.3 Å². The van der Waals surface area contributed by atoms with Gasteiger partial charge < -0.3 is 15.0 Å². The van der Waals surface area contributed by atoms with E-state index >= 15 is 0 Å². The van der Waals surface area contributed by atoms with Gasteiger partial charge in [-0.05, 0) is 70.5 Å². The maximum Gasteiger partial charge on any atom is 0.410 e. The number of carbonyl (C=O) groups is 1. The number of hydrogen-bond donors (Lipinski definition) is 1. The molecule has 1 aliphatic rings. The molecule has 1 fully saturated rings. The zero-order chi connectivity index (χ0) is 17.0. The summed E-state index contributed by atoms with van der Waals surface area (Å²) in [5, 5.41) is 5.60. The van der Waals surface area contributed by atoms with Gasteiger partial charge >= 0.3 is 6.09 Å². The summed E-state index contributed by atoms with van der Waals surface area (Å²) in [6.45, 7) is 9.54. The Balaban J connectivity index is 1.79. The van der Waals surface area contributed by atoms with Gasteiger partial charge in [0.25, 0.3) is 0 Å². The molecule has 130 valence electrons. The summed E-state index contributed by atoms with van der Waals surface area (Å²) < 4.78 is 6.32. The Morgan fingerprint density at radius 3 is 2.91 bits per heavy atom. The van der Waals surface area contributed by atoms with Crippen LogP contribution in [0.2, 0.25) is 4.34 Å². The van der Waals surface area contributed by atoms with Crippen molar-refractivity contribution in [3.8, 4) is 0 Å². The van der Waals surface area contributed by atoms with Crippen LogP contribution in [0.25, 0.3) is 0 Å². The monoisotopic (exact) mass is 358 g/mol. The van der Waals surface area contributed by atoms with Crippen molar-refractivity contribution in [2.24, 2.45) is 0 Å². The van der Waals surface area contributed by atoms with Crippen LogP contribution in [-0.2, 0) is 4.74 Å². The van der Waals surface area contributed by atoms with E-state index in [4.69, 9.17) is 16.3 Å². The summed E-state index contributed by atoms with van der Waals surface area (Å²) in [7, 11) is 0. The maximum atomic E-state index is 12.3. The Kier molecular flexibility index (Phi) is 6.34. The molecule has 0 aromatic carbocycles. The number of carbonyl (C=O) groups excluding carboxylic acids is 1. The molecule has 1 aliphatic heterocycles. The van der Waals surface area contributed by atoms with Crippen molar-refractivity contribution < 1.29 is 9.53 Å². The zero-order valence-electron chi connectivity index (χ0n) is 14.4. The quantitative estimate of drug-likeness (QED) is 0.818. The Labute approximate surface area is 148 Å². The van der Waals surface area contributed by atoms with E-state index in [0.29, 0.717) is 0 Å². The summed E-state index contributed by atoms with van der Waals surface area (Å²) in [5.41, 5.74) is 0.783. The molecule has 0 bridgehead atoms. The lowest BCUT2D eigenvalue weighted by Crippen LogP contribution is -2.41. The Bertz CT molecular complexity index is 527. The standard InChI is InChI=1S/C17H27ClN2O2S/c1-12(13-10-15(18)23-11-13)19-8-7-14-6-5-9-20(14)16(21)22-17(2,3)4/h10-12,14,19H,5-9H2,1-4H3. The topological polar surface area (TPSA) is 41.6 Å². The van der Waals surface area contributed by atoms with Crippen LogP contribution < -0.4 is 5.32 Å². The SMILES string of the molecule is CC(NCCC1CCCN1C(=O)OC(C)(C)C)c1csc(Cl)c1. The molecule has 0 spiro atoms. The minimum atomic E-state index is -0.435. The summed E-state index contributed by atoms with van der Waals surface area (Å²) in [6, 6.07) is 2.55. The van der Waals surface area contributed by atoms with Gasteiger partial charge in [0.2, 0.25) is 0 Å². The molecule has 1 aromatic rings. The van der Waals surface area contributed by atoms with Crippen LogP contribution in [0, 0.1) is 0 Å². The number of nitrogens with zero attached hydrogens (tertiary/aromatic N) is 1. The van der Waals surface area contributed by atoms with Crippen LogP contribution in [0.3, 0.4) is 0 Å². The molecule has 0 aliphatic carbocycles. The molecule has 0 radical (unpaired) electrons. The zero-order valence-corrected chi connectivity index (χ0v) is 16.0. The second-order valence-electron chi connectivity index (χ2n) is 7.12. The van der Waals surface area contributed by atoms with Crippen LogP contribution in [0.15, 0.2) is 11.4 Å². The van der Waals surface area contributed by atoms with E-state index in [1.165, 1.54) is 5.56 Å². The first-order valence-electron chi connectivity index (χ1n) is 8.23. The molecule has 1 amide bonds. The Morgan fingerprint density at radius 1 is 1.57 bits per heavy atom. The van der Waals surface area contributed by atoms with Crippen LogP contribution in [0.5, 0.6) is 0 Å². The number of rotatable bonds is 5. The van der Waals surface area contributed by atoms with Gasteiger partial charge in [0.1, 0.15) is 5.60 Å². The molecule has 0 saturated carbocycles. The third kappa shape index (κ3) is 5.66. The van der Waals surface area contributed by atoms with E-state index < -0.39 is 5.60 Å². The van der Waals surface area contributed by atoms with Crippen LogP contribution in [-0.4, -0.2) is 35.7 Å². The highest BCUT2D eigenvalue weighted by atomic mass is 35.5. The fourth-order valence-electron chi connectivity index (χ4n) is 2.83. The van der Waals surface area contributed by atoms with Gasteiger partial charge in [0.05, 0.1) is 4.34 Å². The van der Waals surface area contributed by atoms with Gasteiger partial charge in [0, 0.05) is 18.6 Å². The summed E-state index contributed by atoms with van der Waals surface area (Å²) >= 11 is 7.54. The minimum absolute atomic E-state index is 0.183. The van der Waals surface area contributed by atoms with Crippen molar-refractivity contribution in [2.75, 3.05) is 13.1 Å². The second kappa shape index (κ2) is 7.86. The maximum absolute atomic E-state index is 12.3. The molecule has 4 nitrogen and oxygen atoms in total. The predicted molar refractivity (Wildman–Crippen MR) is 96.3 cm³/mol. The number of amides is 1. The number of halogens is 1. The lowest BCUT2D eigenvalue weighted by atomic mass is 10.1. The molecular weight excluding hydrogens is 332 g/mol. The highest BCUT2D eigenvalue weighted by Gasteiger charge is 2.31. The first-order chi connectivity index (χ1) is 10.8. The van der Waals surface area contributed by atoms with Crippen molar-refractivity contribution in [3.05, 3.63) is 21.3 Å². The summed E-state index contributed by atoms with van der Waals surface area (Å²) in [5.74, 6) is 0.